The van der Waals surface area contributed by atoms with Crippen molar-refractivity contribution >= 4 is 21.6 Å². The van der Waals surface area contributed by atoms with Crippen LogP contribution in [0.3, 0.4) is 0 Å². The van der Waals surface area contributed by atoms with Crippen LogP contribution in [-0.2, 0) is 24.3 Å². The molecule has 5 rings (SSSR count). The van der Waals surface area contributed by atoms with Crippen molar-refractivity contribution in [1.82, 2.24) is 4.31 Å². The van der Waals surface area contributed by atoms with E-state index in [2.05, 4.69) is 5.32 Å². The molecule has 0 aromatic heterocycles. The van der Waals surface area contributed by atoms with Crippen LogP contribution in [0.25, 0.3) is 11.1 Å². The highest BCUT2D eigenvalue weighted by Crippen LogP contribution is 2.32. The number of aliphatic hydroxyl groups excluding tert-OH is 1. The number of rotatable bonds is 6. The van der Waals surface area contributed by atoms with Crippen LogP contribution in [0.5, 0.6) is 0 Å². The molecule has 2 aliphatic heterocycles. The molecule has 3 aromatic rings. The van der Waals surface area contributed by atoms with E-state index in [1.807, 2.05) is 54.6 Å². The fraction of sp³-hybridized carbons (Fsp3) is 0.345. The molecule has 0 radical (unpaired) electrons. The third kappa shape index (κ3) is 6.54. The van der Waals surface area contributed by atoms with Crippen LogP contribution < -0.4 is 5.32 Å². The normalized spacial score (nSPS) is 24.3. The number of carbonyl (C=O) groups excluding carboxylic acids is 1. The van der Waals surface area contributed by atoms with E-state index in [0.29, 0.717) is 18.5 Å². The number of aliphatic hydroxyl groups is 1. The second-order valence-electron chi connectivity index (χ2n) is 9.86. The molecule has 4 atom stereocenters. The van der Waals surface area contributed by atoms with Crippen molar-refractivity contribution < 1.29 is 32.2 Å². The lowest BCUT2D eigenvalue weighted by molar-refractivity contribution is -0.144. The van der Waals surface area contributed by atoms with E-state index >= 15 is 0 Å². The maximum absolute atomic E-state index is 13.8. The van der Waals surface area contributed by atoms with E-state index < -0.39 is 40.2 Å². The number of carbonyl (C=O) groups is 1. The molecule has 2 saturated heterocycles. The first kappa shape index (κ1) is 27.4. The maximum atomic E-state index is 13.8. The summed E-state index contributed by atoms with van der Waals surface area (Å²) in [6.45, 7) is -0.199. The van der Waals surface area contributed by atoms with Crippen molar-refractivity contribution in [3.8, 4) is 11.1 Å². The van der Waals surface area contributed by atoms with Crippen LogP contribution in [0.4, 0.5) is 10.1 Å². The molecule has 2 N–H and O–H groups in total. The van der Waals surface area contributed by atoms with Crippen LogP contribution in [0.1, 0.15) is 19.3 Å². The van der Waals surface area contributed by atoms with Gasteiger partial charge in [-0.25, -0.2) is 12.8 Å². The molecule has 2 aliphatic rings. The predicted octanol–water partition coefficient (Wildman–Crippen LogP) is 3.82. The molecule has 2 fully saturated rings. The third-order valence-electron chi connectivity index (χ3n) is 7.03. The largest absolute Gasteiger partial charge is 0.389 e. The fourth-order valence-corrected chi connectivity index (χ4v) is 6.88. The van der Waals surface area contributed by atoms with Gasteiger partial charge in [0.15, 0.2) is 0 Å². The smallest absolute Gasteiger partial charge is 0.243 e. The van der Waals surface area contributed by atoms with Crippen molar-refractivity contribution in [3.63, 3.8) is 0 Å². The number of benzene rings is 3. The second kappa shape index (κ2) is 11.9. The summed E-state index contributed by atoms with van der Waals surface area (Å²) in [4.78, 5) is 12.6. The summed E-state index contributed by atoms with van der Waals surface area (Å²) >= 11 is 0. The summed E-state index contributed by atoms with van der Waals surface area (Å²) in [7, 11) is -4.11. The number of ether oxygens (including phenoxy) is 2. The van der Waals surface area contributed by atoms with Gasteiger partial charge in [0.1, 0.15) is 5.82 Å². The summed E-state index contributed by atoms with van der Waals surface area (Å²) < 4.78 is 53.7. The molecule has 0 spiro atoms. The zero-order valence-corrected chi connectivity index (χ0v) is 22.1. The number of hydrogen-bond acceptors (Lipinski definition) is 6. The molecular formula is C29H31FN2O6S. The molecule has 10 heteroatoms. The monoisotopic (exact) mass is 554 g/mol. The highest BCUT2D eigenvalue weighted by molar-refractivity contribution is 7.89. The van der Waals surface area contributed by atoms with Crippen molar-refractivity contribution in [2.24, 2.45) is 0 Å². The summed E-state index contributed by atoms with van der Waals surface area (Å²) in [5.74, 6) is -0.874. The maximum Gasteiger partial charge on any atom is 0.243 e. The number of fused-ring (bicyclic) bond motifs is 1. The number of β-amino-alcohol motifs (C(OH)–C–C–N with tert-alkyl or cyclic N) is 1. The van der Waals surface area contributed by atoms with Crippen molar-refractivity contribution in [3.05, 3.63) is 84.7 Å². The summed E-state index contributed by atoms with van der Waals surface area (Å²) in [6, 6.07) is 21.7. The Hall–Kier alpha value is -3.15. The highest BCUT2D eigenvalue weighted by atomic mass is 32.2. The predicted molar refractivity (Wildman–Crippen MR) is 144 cm³/mol. The van der Waals surface area contributed by atoms with E-state index in [1.165, 1.54) is 22.5 Å². The lowest BCUT2D eigenvalue weighted by Gasteiger charge is -2.43. The minimum absolute atomic E-state index is 0.0636. The minimum atomic E-state index is -4.11. The van der Waals surface area contributed by atoms with Gasteiger partial charge in [-0.15, -0.1) is 0 Å². The Kier molecular flexibility index (Phi) is 8.39. The zero-order valence-electron chi connectivity index (χ0n) is 21.3. The standard InChI is InChI=1S/C29H31FN2O6S/c30-22-7-4-8-26(15-22)39(35,36)32-17-24(33)18-37-19-28-27(32)14-13-25(38-28)16-29(34)31-23-11-9-21(10-12-23)20-5-2-1-3-6-20/h1-12,15,24-25,27-28,33H,13-14,16-19H2,(H,31,34)/t24-,25+,27+,28-/m0/s1. The molecule has 8 nitrogen and oxygen atoms in total. The van der Waals surface area contributed by atoms with Crippen LogP contribution in [0.2, 0.25) is 0 Å². The molecule has 39 heavy (non-hydrogen) atoms. The number of halogens is 1. The van der Waals surface area contributed by atoms with E-state index in [4.69, 9.17) is 9.47 Å². The van der Waals surface area contributed by atoms with Gasteiger partial charge in [0.2, 0.25) is 15.9 Å². The van der Waals surface area contributed by atoms with Gasteiger partial charge in [-0.2, -0.15) is 4.31 Å². The average molecular weight is 555 g/mol. The quantitative estimate of drug-likeness (QED) is 0.480. The number of anilines is 1. The average Bonchev–Trinajstić information content (AvgIpc) is 2.92. The summed E-state index contributed by atoms with van der Waals surface area (Å²) in [6.07, 6.45) is -1.17. The first-order valence-corrected chi connectivity index (χ1v) is 14.4. The van der Waals surface area contributed by atoms with Gasteiger partial charge in [0, 0.05) is 12.2 Å². The molecule has 2 heterocycles. The molecule has 0 saturated carbocycles. The molecular weight excluding hydrogens is 523 g/mol. The first-order valence-electron chi connectivity index (χ1n) is 12.9. The Balaban J connectivity index is 1.24. The SMILES string of the molecule is O=C(C[C@H]1CC[C@@H]2[C@H](COC[C@@H](O)CN2S(=O)(=O)c2cccc(F)c2)O1)Nc1ccc(-c2ccccc2)cc1. The first-order chi connectivity index (χ1) is 18.8. The number of nitrogens with zero attached hydrogens (tertiary/aromatic N) is 1. The van der Waals surface area contributed by atoms with Gasteiger partial charge in [-0.05, 0) is 54.3 Å². The topological polar surface area (TPSA) is 105 Å². The van der Waals surface area contributed by atoms with Crippen LogP contribution in [-0.4, -0.2) is 67.8 Å². The van der Waals surface area contributed by atoms with Crippen molar-refractivity contribution in [1.29, 1.82) is 0 Å². The van der Waals surface area contributed by atoms with Gasteiger partial charge in [-0.3, -0.25) is 4.79 Å². The van der Waals surface area contributed by atoms with Crippen LogP contribution in [0, 0.1) is 5.82 Å². The Bertz CT molecular complexity index is 1390. The molecule has 206 valence electrons. The van der Waals surface area contributed by atoms with Crippen molar-refractivity contribution in [2.45, 2.75) is 48.5 Å². The van der Waals surface area contributed by atoms with E-state index in [9.17, 15) is 22.7 Å². The zero-order chi connectivity index (χ0) is 27.4. The number of hydrogen-bond donors (Lipinski definition) is 2. The van der Waals surface area contributed by atoms with Crippen LogP contribution >= 0.6 is 0 Å². The summed E-state index contributed by atoms with van der Waals surface area (Å²) in [5.41, 5.74) is 2.80. The molecule has 1 amide bonds. The van der Waals surface area contributed by atoms with Crippen molar-refractivity contribution in [2.75, 3.05) is 25.1 Å². The highest BCUT2D eigenvalue weighted by Gasteiger charge is 2.43. The molecule has 0 unspecified atom stereocenters. The lowest BCUT2D eigenvalue weighted by atomic mass is 9.96. The number of sulfonamides is 1. The van der Waals surface area contributed by atoms with Gasteiger partial charge >= 0.3 is 0 Å². The van der Waals surface area contributed by atoms with Gasteiger partial charge in [-0.1, -0.05) is 48.5 Å². The Morgan fingerprint density at radius 3 is 2.46 bits per heavy atom. The van der Waals surface area contributed by atoms with E-state index in [-0.39, 0.29) is 37.0 Å². The number of nitrogens with one attached hydrogen (secondary N) is 1. The van der Waals surface area contributed by atoms with Gasteiger partial charge in [0.25, 0.3) is 0 Å². The Morgan fingerprint density at radius 1 is 0.974 bits per heavy atom. The fourth-order valence-electron chi connectivity index (χ4n) is 5.13. The minimum Gasteiger partial charge on any atom is -0.389 e. The lowest BCUT2D eigenvalue weighted by Crippen LogP contribution is -2.57. The van der Waals surface area contributed by atoms with Gasteiger partial charge < -0.3 is 19.9 Å². The Morgan fingerprint density at radius 2 is 1.72 bits per heavy atom. The number of amides is 1. The van der Waals surface area contributed by atoms with E-state index in [1.54, 1.807) is 0 Å². The third-order valence-corrected chi connectivity index (χ3v) is 8.91. The second-order valence-corrected chi connectivity index (χ2v) is 11.8. The Labute approximate surface area is 227 Å². The molecule has 0 aliphatic carbocycles. The van der Waals surface area contributed by atoms with E-state index in [0.717, 1.165) is 17.2 Å². The van der Waals surface area contributed by atoms with Gasteiger partial charge in [0.05, 0.1) is 48.9 Å². The summed E-state index contributed by atoms with van der Waals surface area (Å²) in [5, 5.41) is 13.2. The van der Waals surface area contributed by atoms with Crippen LogP contribution in [0.15, 0.2) is 83.8 Å². The molecule has 0 bridgehead atoms. The molecule has 3 aromatic carbocycles.